The monoisotopic (exact) mass is 189 g/mol. The van der Waals surface area contributed by atoms with Crippen molar-refractivity contribution in [2.24, 2.45) is 5.73 Å². The van der Waals surface area contributed by atoms with E-state index in [0.717, 1.165) is 32.6 Å². The van der Waals surface area contributed by atoms with Gasteiger partial charge in [-0.3, -0.25) is 0 Å². The van der Waals surface area contributed by atoms with Crippen molar-refractivity contribution in [1.29, 1.82) is 0 Å². The second-order valence-corrected chi connectivity index (χ2v) is 3.25. The fourth-order valence-corrected chi connectivity index (χ4v) is 0.844. The first kappa shape index (κ1) is 15.4. The fourth-order valence-electron chi connectivity index (χ4n) is 0.844. The molecule has 0 spiro atoms. The van der Waals surface area contributed by atoms with Crippen LogP contribution < -0.4 is 5.73 Å². The van der Waals surface area contributed by atoms with Crippen molar-refractivity contribution in [3.63, 3.8) is 0 Å². The maximum atomic E-state index is 5.40. The Labute approximate surface area is 83.9 Å². The number of nitrogens with zero attached hydrogens (tertiary/aromatic N) is 2. The molecule has 3 nitrogen and oxygen atoms in total. The lowest BCUT2D eigenvalue weighted by Gasteiger charge is -2.18. The van der Waals surface area contributed by atoms with Crippen molar-refractivity contribution >= 4 is 0 Å². The van der Waals surface area contributed by atoms with Gasteiger partial charge in [-0.25, -0.2) is 0 Å². The minimum Gasteiger partial charge on any atom is -0.330 e. The van der Waals surface area contributed by atoms with Crippen LogP contribution in [-0.4, -0.2) is 57.1 Å². The first-order valence-electron chi connectivity index (χ1n) is 5.20. The standard InChI is InChI=1S/C8H21N3.C2H6/c1-10(2)7-8-11(3)6-4-5-9;1-2/h4-9H2,1-3H3;1-2H3. The molecule has 0 aromatic heterocycles. The summed E-state index contributed by atoms with van der Waals surface area (Å²) >= 11 is 0. The Hall–Kier alpha value is -0.120. The van der Waals surface area contributed by atoms with Gasteiger partial charge >= 0.3 is 0 Å². The van der Waals surface area contributed by atoms with Gasteiger partial charge in [0.15, 0.2) is 0 Å². The molecule has 0 amide bonds. The SMILES string of the molecule is CC.CN(C)CCN(C)CCCN. The van der Waals surface area contributed by atoms with Gasteiger partial charge in [0.05, 0.1) is 0 Å². The number of nitrogens with two attached hydrogens (primary N) is 1. The average molecular weight is 189 g/mol. The lowest BCUT2D eigenvalue weighted by Crippen LogP contribution is -2.30. The number of rotatable bonds is 6. The highest BCUT2D eigenvalue weighted by Gasteiger charge is 1.96. The van der Waals surface area contributed by atoms with Gasteiger partial charge in [0.25, 0.3) is 0 Å². The smallest absolute Gasteiger partial charge is 0.0106 e. The molecule has 0 bridgehead atoms. The summed E-state index contributed by atoms with van der Waals surface area (Å²) in [6.07, 6.45) is 1.10. The van der Waals surface area contributed by atoms with Crippen molar-refractivity contribution in [2.45, 2.75) is 20.3 Å². The highest BCUT2D eigenvalue weighted by molar-refractivity contribution is 4.53. The highest BCUT2D eigenvalue weighted by Crippen LogP contribution is 1.85. The van der Waals surface area contributed by atoms with E-state index in [1.165, 1.54) is 0 Å². The van der Waals surface area contributed by atoms with E-state index >= 15 is 0 Å². The molecule has 0 aliphatic heterocycles. The predicted octanol–water partition coefficient (Wildman–Crippen LogP) is 0.855. The molecule has 0 unspecified atom stereocenters. The van der Waals surface area contributed by atoms with Crippen LogP contribution in [-0.2, 0) is 0 Å². The zero-order valence-electron chi connectivity index (χ0n) is 10.0. The molecule has 0 aliphatic rings. The molecule has 0 radical (unpaired) electrons. The molecule has 0 atom stereocenters. The Kier molecular flexibility index (Phi) is 14.0. The molecule has 0 heterocycles. The molecule has 0 aromatic rings. The summed E-state index contributed by atoms with van der Waals surface area (Å²) in [6.45, 7) is 8.17. The summed E-state index contributed by atoms with van der Waals surface area (Å²) < 4.78 is 0. The van der Waals surface area contributed by atoms with Gasteiger partial charge in [0.2, 0.25) is 0 Å². The molecule has 0 fully saturated rings. The maximum Gasteiger partial charge on any atom is 0.0106 e. The van der Waals surface area contributed by atoms with Crippen LogP contribution in [0.4, 0.5) is 0 Å². The third kappa shape index (κ3) is 14.7. The maximum absolute atomic E-state index is 5.40. The quantitative estimate of drug-likeness (QED) is 0.672. The Morgan fingerprint density at radius 3 is 1.85 bits per heavy atom. The van der Waals surface area contributed by atoms with Crippen LogP contribution >= 0.6 is 0 Å². The van der Waals surface area contributed by atoms with Crippen LogP contribution in [0.1, 0.15) is 20.3 Å². The summed E-state index contributed by atoms with van der Waals surface area (Å²) in [4.78, 5) is 4.51. The summed E-state index contributed by atoms with van der Waals surface area (Å²) in [6, 6.07) is 0. The van der Waals surface area contributed by atoms with Gasteiger partial charge in [0, 0.05) is 13.1 Å². The lowest BCUT2D eigenvalue weighted by atomic mass is 10.4. The summed E-state index contributed by atoms with van der Waals surface area (Å²) in [5.74, 6) is 0. The third-order valence-electron chi connectivity index (χ3n) is 1.67. The average Bonchev–Trinajstić information content (AvgIpc) is 2.14. The molecule has 2 N–H and O–H groups in total. The van der Waals surface area contributed by atoms with E-state index in [-0.39, 0.29) is 0 Å². The predicted molar refractivity (Wildman–Crippen MR) is 61.1 cm³/mol. The van der Waals surface area contributed by atoms with Gasteiger partial charge in [0.1, 0.15) is 0 Å². The topological polar surface area (TPSA) is 32.5 Å². The summed E-state index contributed by atoms with van der Waals surface area (Å²) in [5, 5.41) is 0. The van der Waals surface area contributed by atoms with Crippen LogP contribution in [0.15, 0.2) is 0 Å². The number of likely N-dealkylation sites (N-methyl/N-ethyl adjacent to an activating group) is 2. The van der Waals surface area contributed by atoms with E-state index in [4.69, 9.17) is 5.73 Å². The van der Waals surface area contributed by atoms with E-state index in [1.807, 2.05) is 13.8 Å². The van der Waals surface area contributed by atoms with Crippen molar-refractivity contribution in [2.75, 3.05) is 47.3 Å². The first-order chi connectivity index (χ1) is 6.16. The number of hydrogen-bond acceptors (Lipinski definition) is 3. The minimum atomic E-state index is 0.798. The molecule has 0 saturated carbocycles. The molecule has 0 saturated heterocycles. The Bertz CT molecular complexity index is 84.2. The van der Waals surface area contributed by atoms with Gasteiger partial charge in [-0.15, -0.1) is 0 Å². The van der Waals surface area contributed by atoms with Gasteiger partial charge in [-0.05, 0) is 40.7 Å². The Morgan fingerprint density at radius 2 is 1.46 bits per heavy atom. The van der Waals surface area contributed by atoms with Crippen LogP contribution in [0.3, 0.4) is 0 Å². The van der Waals surface area contributed by atoms with Crippen LogP contribution in [0.5, 0.6) is 0 Å². The Morgan fingerprint density at radius 1 is 0.923 bits per heavy atom. The van der Waals surface area contributed by atoms with Crippen molar-refractivity contribution in [3.05, 3.63) is 0 Å². The lowest BCUT2D eigenvalue weighted by molar-refractivity contribution is 0.281. The molecule has 0 rings (SSSR count). The van der Waals surface area contributed by atoms with Gasteiger partial charge in [-0.1, -0.05) is 13.8 Å². The van der Waals surface area contributed by atoms with Gasteiger partial charge in [-0.2, -0.15) is 0 Å². The number of hydrogen-bond donors (Lipinski definition) is 1. The second kappa shape index (κ2) is 11.9. The van der Waals surface area contributed by atoms with Crippen molar-refractivity contribution in [1.82, 2.24) is 9.80 Å². The molecular formula is C10H27N3. The minimum absolute atomic E-state index is 0.798. The van der Waals surface area contributed by atoms with Gasteiger partial charge < -0.3 is 15.5 Å². The van der Waals surface area contributed by atoms with Crippen molar-refractivity contribution in [3.8, 4) is 0 Å². The largest absolute Gasteiger partial charge is 0.330 e. The van der Waals surface area contributed by atoms with E-state index in [1.54, 1.807) is 0 Å². The van der Waals surface area contributed by atoms with Crippen LogP contribution in [0.25, 0.3) is 0 Å². The molecule has 0 aliphatic carbocycles. The van der Waals surface area contributed by atoms with Crippen molar-refractivity contribution < 1.29 is 0 Å². The molecule has 3 heteroatoms. The zero-order chi connectivity index (χ0) is 10.7. The highest BCUT2D eigenvalue weighted by atomic mass is 15.1. The Balaban J connectivity index is 0. The first-order valence-corrected chi connectivity index (χ1v) is 5.20. The molecular weight excluding hydrogens is 162 g/mol. The summed E-state index contributed by atoms with van der Waals surface area (Å²) in [5.41, 5.74) is 5.40. The van der Waals surface area contributed by atoms with E-state index in [2.05, 4.69) is 30.9 Å². The third-order valence-corrected chi connectivity index (χ3v) is 1.67. The van der Waals surface area contributed by atoms with E-state index < -0.39 is 0 Å². The molecule has 13 heavy (non-hydrogen) atoms. The molecule has 82 valence electrons. The zero-order valence-corrected chi connectivity index (χ0v) is 10.0. The summed E-state index contributed by atoms with van der Waals surface area (Å²) in [7, 11) is 6.33. The van der Waals surface area contributed by atoms with E-state index in [0.29, 0.717) is 0 Å². The second-order valence-electron chi connectivity index (χ2n) is 3.25. The fraction of sp³-hybridized carbons (Fsp3) is 1.00. The molecule has 0 aromatic carbocycles. The normalized spacial score (nSPS) is 10.2. The van der Waals surface area contributed by atoms with E-state index in [9.17, 15) is 0 Å². The van der Waals surface area contributed by atoms with Crippen LogP contribution in [0, 0.1) is 0 Å². The van der Waals surface area contributed by atoms with Crippen LogP contribution in [0.2, 0.25) is 0 Å².